The van der Waals surface area contributed by atoms with E-state index in [1.807, 2.05) is 0 Å². The van der Waals surface area contributed by atoms with Crippen molar-refractivity contribution in [2.75, 3.05) is 0 Å². The molecule has 0 unspecified atom stereocenters. The molecule has 5 heteroatoms. The summed E-state index contributed by atoms with van der Waals surface area (Å²) in [5.41, 5.74) is 3.70. The fourth-order valence-electron chi connectivity index (χ4n) is 1.36. The largest absolute Gasteiger partial charge is 0.294 e. The van der Waals surface area contributed by atoms with Crippen molar-refractivity contribution in [3.63, 3.8) is 0 Å². The van der Waals surface area contributed by atoms with E-state index in [-0.39, 0.29) is 5.69 Å². The summed E-state index contributed by atoms with van der Waals surface area (Å²) in [4.78, 5) is 14.5. The third-order valence-corrected chi connectivity index (χ3v) is 3.10. The van der Waals surface area contributed by atoms with Crippen LogP contribution in [0.25, 0.3) is 0 Å². The molecule has 0 aliphatic heterocycles. The molecule has 1 rings (SSSR count). The van der Waals surface area contributed by atoms with Crippen LogP contribution in [0.3, 0.4) is 0 Å². The number of hydrogen-bond acceptors (Lipinski definition) is 3. The van der Waals surface area contributed by atoms with Crippen molar-refractivity contribution in [3.8, 4) is 11.5 Å². The van der Waals surface area contributed by atoms with Crippen LogP contribution in [0, 0.1) is 21.6 Å². The van der Waals surface area contributed by atoms with E-state index in [4.69, 9.17) is 0 Å². The Morgan fingerprint density at radius 2 is 2.05 bits per heavy atom. The Balaban J connectivity index is 2.58. The van der Waals surface area contributed by atoms with Gasteiger partial charge in [-0.1, -0.05) is 31.8 Å². The lowest BCUT2D eigenvalue weighted by Gasteiger charge is -2.02. The Morgan fingerprint density at radius 3 is 2.68 bits per heavy atom. The minimum atomic E-state index is -1.30. The van der Waals surface area contributed by atoms with Gasteiger partial charge in [-0.25, -0.2) is 0 Å². The normalized spacial score (nSPS) is 11.1. The van der Waals surface area contributed by atoms with E-state index in [1.165, 1.54) is 6.07 Å². The molecule has 100 valence electrons. The van der Waals surface area contributed by atoms with Crippen molar-refractivity contribution < 1.29 is 4.92 Å². The summed E-state index contributed by atoms with van der Waals surface area (Å²) in [6.45, 7) is 6.59. The highest BCUT2D eigenvalue weighted by Gasteiger charge is 2.10. The van der Waals surface area contributed by atoms with Crippen molar-refractivity contribution >= 4 is 25.7 Å². The first kappa shape index (κ1) is 15.1. The first-order chi connectivity index (χ1) is 8.90. The number of nitro benzene ring substituents is 1. The molecule has 0 atom stereocenters. The van der Waals surface area contributed by atoms with Crippen LogP contribution in [0.5, 0.6) is 0 Å². The standard InChI is InChI=1S/C14H18N2O2Si/c1-19(2,3)12-8-4-7-11-15-13-9-5-6-10-14(13)16(17)18/h5-6,9-11H,4,7H2,1-3H3. The molecule has 0 amide bonds. The molecule has 4 nitrogen and oxygen atoms in total. The average molecular weight is 274 g/mol. The number of para-hydroxylation sites is 2. The minimum Gasteiger partial charge on any atom is -0.258 e. The molecule has 0 radical (unpaired) electrons. The maximum atomic E-state index is 10.8. The fourth-order valence-corrected chi connectivity index (χ4v) is 2.01. The lowest BCUT2D eigenvalue weighted by Crippen LogP contribution is -2.16. The first-order valence-corrected chi connectivity index (χ1v) is 9.66. The Morgan fingerprint density at radius 1 is 1.37 bits per heavy atom. The van der Waals surface area contributed by atoms with Crippen molar-refractivity contribution in [1.29, 1.82) is 0 Å². The van der Waals surface area contributed by atoms with Gasteiger partial charge in [-0.05, 0) is 12.5 Å². The molecule has 1 aromatic rings. The highest BCUT2D eigenvalue weighted by molar-refractivity contribution is 6.83. The van der Waals surface area contributed by atoms with Crippen LogP contribution < -0.4 is 0 Å². The molecule has 0 aliphatic rings. The highest BCUT2D eigenvalue weighted by Crippen LogP contribution is 2.25. The summed E-state index contributed by atoms with van der Waals surface area (Å²) in [5, 5.41) is 10.8. The average Bonchev–Trinajstić information content (AvgIpc) is 2.32. The number of aliphatic imine (C=N–C) groups is 1. The monoisotopic (exact) mass is 274 g/mol. The van der Waals surface area contributed by atoms with Gasteiger partial charge < -0.3 is 0 Å². The van der Waals surface area contributed by atoms with E-state index in [0.29, 0.717) is 12.1 Å². The van der Waals surface area contributed by atoms with Crippen LogP contribution in [0.1, 0.15) is 12.8 Å². The Bertz CT molecular complexity index is 536. The second kappa shape index (κ2) is 6.85. The summed E-state index contributed by atoms with van der Waals surface area (Å²) >= 11 is 0. The fraction of sp³-hybridized carbons (Fsp3) is 0.357. The van der Waals surface area contributed by atoms with Gasteiger partial charge in [0, 0.05) is 18.7 Å². The molecule has 0 aromatic heterocycles. The molecule has 0 heterocycles. The molecule has 1 aromatic carbocycles. The summed E-state index contributed by atoms with van der Waals surface area (Å²) in [6.07, 6.45) is 3.15. The minimum absolute atomic E-state index is 0.0342. The van der Waals surface area contributed by atoms with E-state index in [0.717, 1.165) is 6.42 Å². The SMILES string of the molecule is C[Si](C)(C)C#CCCC=Nc1ccccc1[N+](=O)[O-]. The van der Waals surface area contributed by atoms with E-state index in [2.05, 4.69) is 36.1 Å². The van der Waals surface area contributed by atoms with Gasteiger partial charge in [-0.3, -0.25) is 15.1 Å². The number of hydrogen-bond donors (Lipinski definition) is 0. The van der Waals surface area contributed by atoms with Crippen LogP contribution in [-0.2, 0) is 0 Å². The number of rotatable bonds is 4. The van der Waals surface area contributed by atoms with Crippen LogP contribution >= 0.6 is 0 Å². The summed E-state index contributed by atoms with van der Waals surface area (Å²) in [7, 11) is -1.30. The van der Waals surface area contributed by atoms with Gasteiger partial charge in [-0.15, -0.1) is 11.5 Å². The molecular formula is C14H18N2O2Si. The smallest absolute Gasteiger partial charge is 0.258 e. The predicted molar refractivity (Wildman–Crippen MR) is 81.6 cm³/mol. The summed E-state index contributed by atoms with van der Waals surface area (Å²) < 4.78 is 0. The maximum absolute atomic E-state index is 10.8. The Hall–Kier alpha value is -1.93. The molecule has 0 spiro atoms. The number of unbranched alkanes of at least 4 members (excludes halogenated alkanes) is 1. The second-order valence-corrected chi connectivity index (χ2v) is 9.90. The first-order valence-electron chi connectivity index (χ1n) is 6.16. The third kappa shape index (κ3) is 5.98. The van der Waals surface area contributed by atoms with E-state index >= 15 is 0 Å². The Kier molecular flexibility index (Phi) is 5.46. The lowest BCUT2D eigenvalue weighted by molar-refractivity contribution is -0.384. The van der Waals surface area contributed by atoms with E-state index in [9.17, 15) is 10.1 Å². The highest BCUT2D eigenvalue weighted by atomic mass is 28.3. The molecule has 0 bridgehead atoms. The van der Waals surface area contributed by atoms with Gasteiger partial charge in [0.2, 0.25) is 0 Å². The van der Waals surface area contributed by atoms with Crippen molar-refractivity contribution in [3.05, 3.63) is 34.4 Å². The zero-order valence-corrected chi connectivity index (χ0v) is 12.5. The quantitative estimate of drug-likeness (QED) is 0.208. The van der Waals surface area contributed by atoms with Gasteiger partial charge >= 0.3 is 0 Å². The predicted octanol–water partition coefficient (Wildman–Crippen LogP) is 3.96. The Labute approximate surface area is 114 Å². The van der Waals surface area contributed by atoms with Crippen LogP contribution in [0.15, 0.2) is 29.3 Å². The maximum Gasteiger partial charge on any atom is 0.294 e. The number of benzene rings is 1. The van der Waals surface area contributed by atoms with Crippen LogP contribution in [-0.4, -0.2) is 19.2 Å². The number of nitro groups is 1. The molecule has 0 N–H and O–H groups in total. The van der Waals surface area contributed by atoms with E-state index in [1.54, 1.807) is 24.4 Å². The summed E-state index contributed by atoms with van der Waals surface area (Å²) in [6, 6.07) is 6.47. The van der Waals surface area contributed by atoms with Gasteiger partial charge in [0.15, 0.2) is 0 Å². The molecule has 0 fully saturated rings. The molecule has 19 heavy (non-hydrogen) atoms. The van der Waals surface area contributed by atoms with Gasteiger partial charge in [0.25, 0.3) is 5.69 Å². The number of nitrogens with zero attached hydrogens (tertiary/aromatic N) is 2. The van der Waals surface area contributed by atoms with Crippen molar-refractivity contribution in [2.45, 2.75) is 32.5 Å². The van der Waals surface area contributed by atoms with Gasteiger partial charge in [0.1, 0.15) is 13.8 Å². The van der Waals surface area contributed by atoms with Gasteiger partial charge in [0.05, 0.1) is 4.92 Å². The lowest BCUT2D eigenvalue weighted by atomic mass is 10.3. The molecule has 0 saturated carbocycles. The van der Waals surface area contributed by atoms with Gasteiger partial charge in [-0.2, -0.15) is 0 Å². The van der Waals surface area contributed by atoms with Crippen LogP contribution in [0.2, 0.25) is 19.6 Å². The van der Waals surface area contributed by atoms with Crippen molar-refractivity contribution in [1.82, 2.24) is 0 Å². The molecule has 0 saturated heterocycles. The summed E-state index contributed by atoms with van der Waals surface area (Å²) in [5.74, 6) is 3.14. The van der Waals surface area contributed by atoms with Crippen molar-refractivity contribution in [2.24, 2.45) is 4.99 Å². The van der Waals surface area contributed by atoms with Crippen LogP contribution in [0.4, 0.5) is 11.4 Å². The topological polar surface area (TPSA) is 55.5 Å². The molecule has 0 aliphatic carbocycles. The molecular weight excluding hydrogens is 256 g/mol. The zero-order chi connectivity index (χ0) is 14.3. The second-order valence-electron chi connectivity index (χ2n) is 5.15. The third-order valence-electron chi connectivity index (χ3n) is 2.17. The zero-order valence-electron chi connectivity index (χ0n) is 11.5. The van der Waals surface area contributed by atoms with E-state index < -0.39 is 13.0 Å².